The third kappa shape index (κ3) is 4.72. The smallest absolute Gasteiger partial charge is 0.318 e. The Bertz CT molecular complexity index is 584. The second kappa shape index (κ2) is 8.36. The minimum atomic E-state index is -0.682. The fraction of sp³-hybridized carbons (Fsp3) is 0.235. The van der Waals surface area contributed by atoms with Gasteiger partial charge in [-0.3, -0.25) is 0 Å². The topological polar surface area (TPSA) is 52.6 Å². The number of amides is 2. The van der Waals surface area contributed by atoms with E-state index in [1.54, 1.807) is 11.0 Å². The summed E-state index contributed by atoms with van der Waals surface area (Å²) >= 11 is 1.48. The molecular formula is C17H20N2O2S. The van der Waals surface area contributed by atoms with E-state index in [-0.39, 0.29) is 12.6 Å². The number of hydrogen-bond acceptors (Lipinski definition) is 3. The summed E-state index contributed by atoms with van der Waals surface area (Å²) in [5.74, 6) is 0. The Labute approximate surface area is 134 Å². The highest BCUT2D eigenvalue weighted by Gasteiger charge is 2.19. The quantitative estimate of drug-likeness (QED) is 0.771. The number of urea groups is 1. The first kappa shape index (κ1) is 16.3. The van der Waals surface area contributed by atoms with E-state index in [1.165, 1.54) is 11.3 Å². The third-order valence-electron chi connectivity index (χ3n) is 3.17. The van der Waals surface area contributed by atoms with Crippen molar-refractivity contribution in [1.82, 2.24) is 10.2 Å². The Kier molecular flexibility index (Phi) is 6.18. The molecule has 1 aromatic heterocycles. The van der Waals surface area contributed by atoms with Gasteiger partial charge in [0, 0.05) is 18.0 Å². The normalized spacial score (nSPS) is 11.7. The van der Waals surface area contributed by atoms with E-state index < -0.39 is 6.10 Å². The minimum Gasteiger partial charge on any atom is -0.386 e. The van der Waals surface area contributed by atoms with Gasteiger partial charge in [0.2, 0.25) is 0 Å². The maximum Gasteiger partial charge on any atom is 0.318 e. The van der Waals surface area contributed by atoms with Crippen LogP contribution < -0.4 is 5.32 Å². The first-order chi connectivity index (χ1) is 10.7. The van der Waals surface area contributed by atoms with Crippen LogP contribution in [0.15, 0.2) is 60.5 Å². The van der Waals surface area contributed by atoms with Crippen molar-refractivity contribution in [2.24, 2.45) is 0 Å². The van der Waals surface area contributed by atoms with Gasteiger partial charge in [-0.05, 0) is 17.0 Å². The summed E-state index contributed by atoms with van der Waals surface area (Å²) in [5.41, 5.74) is 1.02. The molecule has 116 valence electrons. The van der Waals surface area contributed by atoms with Gasteiger partial charge in [-0.1, -0.05) is 42.5 Å². The largest absolute Gasteiger partial charge is 0.386 e. The molecule has 0 aliphatic carbocycles. The van der Waals surface area contributed by atoms with Crippen molar-refractivity contribution in [3.8, 4) is 0 Å². The molecule has 0 saturated carbocycles. The van der Waals surface area contributed by atoms with Crippen LogP contribution >= 0.6 is 11.3 Å². The summed E-state index contributed by atoms with van der Waals surface area (Å²) in [5, 5.41) is 15.0. The highest BCUT2D eigenvalue weighted by Crippen LogP contribution is 2.20. The lowest BCUT2D eigenvalue weighted by molar-refractivity contribution is 0.121. The van der Waals surface area contributed by atoms with Crippen molar-refractivity contribution in [3.63, 3.8) is 0 Å². The van der Waals surface area contributed by atoms with Crippen LogP contribution in [0.1, 0.15) is 16.5 Å². The van der Waals surface area contributed by atoms with Crippen LogP contribution in [0.2, 0.25) is 0 Å². The van der Waals surface area contributed by atoms with E-state index in [9.17, 15) is 9.90 Å². The van der Waals surface area contributed by atoms with Crippen molar-refractivity contribution in [1.29, 1.82) is 0 Å². The summed E-state index contributed by atoms with van der Waals surface area (Å²) in [4.78, 5) is 14.7. The van der Waals surface area contributed by atoms with Gasteiger partial charge < -0.3 is 15.3 Å². The fourth-order valence-electron chi connectivity index (χ4n) is 2.07. The van der Waals surface area contributed by atoms with Gasteiger partial charge in [-0.25, -0.2) is 4.79 Å². The first-order valence-corrected chi connectivity index (χ1v) is 7.97. The molecule has 1 unspecified atom stereocenters. The van der Waals surface area contributed by atoms with E-state index in [0.717, 1.165) is 10.4 Å². The van der Waals surface area contributed by atoms with E-state index in [4.69, 9.17) is 0 Å². The maximum absolute atomic E-state index is 12.3. The number of hydrogen-bond donors (Lipinski definition) is 2. The molecule has 0 saturated heterocycles. The van der Waals surface area contributed by atoms with Gasteiger partial charge in [-0.15, -0.1) is 17.9 Å². The predicted molar refractivity (Wildman–Crippen MR) is 89.7 cm³/mol. The molecule has 1 heterocycles. The van der Waals surface area contributed by atoms with Crippen LogP contribution in [0.3, 0.4) is 0 Å². The number of aliphatic hydroxyl groups excluding tert-OH is 1. The molecule has 1 aromatic carbocycles. The van der Waals surface area contributed by atoms with Crippen LogP contribution in [0.5, 0.6) is 0 Å². The van der Waals surface area contributed by atoms with Gasteiger partial charge in [0.15, 0.2) is 0 Å². The molecule has 2 amide bonds. The average molecular weight is 316 g/mol. The molecule has 2 N–H and O–H groups in total. The molecule has 4 nitrogen and oxygen atoms in total. The van der Waals surface area contributed by atoms with Crippen LogP contribution in [-0.4, -0.2) is 29.1 Å². The van der Waals surface area contributed by atoms with Crippen LogP contribution in [-0.2, 0) is 6.54 Å². The number of carbonyl (C=O) groups is 1. The van der Waals surface area contributed by atoms with E-state index >= 15 is 0 Å². The molecule has 0 aliphatic rings. The second-order valence-electron chi connectivity index (χ2n) is 4.87. The standard InChI is InChI=1S/C17H20N2O2S/c1-2-10-18-17(21)19(12-14-7-4-3-5-8-14)13-15(20)16-9-6-11-22-16/h2-9,11,15,20H,1,10,12-13H2,(H,18,21). The molecule has 0 spiro atoms. The number of thiophene rings is 1. The number of carbonyl (C=O) groups excluding carboxylic acids is 1. The summed E-state index contributed by atoms with van der Waals surface area (Å²) in [6.45, 7) is 4.70. The molecule has 0 bridgehead atoms. The summed E-state index contributed by atoms with van der Waals surface area (Å²) in [7, 11) is 0. The van der Waals surface area contributed by atoms with Gasteiger partial charge >= 0.3 is 6.03 Å². The van der Waals surface area contributed by atoms with E-state index in [1.807, 2.05) is 47.8 Å². The zero-order chi connectivity index (χ0) is 15.8. The molecule has 0 radical (unpaired) electrons. The van der Waals surface area contributed by atoms with Crippen molar-refractivity contribution < 1.29 is 9.90 Å². The van der Waals surface area contributed by atoms with Crippen LogP contribution in [0.4, 0.5) is 4.79 Å². The Balaban J connectivity index is 2.06. The average Bonchev–Trinajstić information content (AvgIpc) is 3.07. The highest BCUT2D eigenvalue weighted by atomic mass is 32.1. The highest BCUT2D eigenvalue weighted by molar-refractivity contribution is 7.10. The molecule has 22 heavy (non-hydrogen) atoms. The zero-order valence-electron chi connectivity index (χ0n) is 12.3. The monoisotopic (exact) mass is 316 g/mol. The number of aliphatic hydroxyl groups is 1. The lowest BCUT2D eigenvalue weighted by Crippen LogP contribution is -2.41. The van der Waals surface area contributed by atoms with E-state index in [0.29, 0.717) is 13.1 Å². The molecule has 0 aliphatic heterocycles. The van der Waals surface area contributed by atoms with E-state index in [2.05, 4.69) is 11.9 Å². The molecule has 5 heteroatoms. The van der Waals surface area contributed by atoms with Crippen molar-refractivity contribution in [2.45, 2.75) is 12.6 Å². The van der Waals surface area contributed by atoms with Crippen LogP contribution in [0, 0.1) is 0 Å². The fourth-order valence-corrected chi connectivity index (χ4v) is 2.78. The Morgan fingerprint density at radius 1 is 1.32 bits per heavy atom. The van der Waals surface area contributed by atoms with Crippen molar-refractivity contribution >= 4 is 17.4 Å². The third-order valence-corrected chi connectivity index (χ3v) is 4.14. The number of nitrogens with one attached hydrogen (secondary N) is 1. The summed E-state index contributed by atoms with van der Waals surface area (Å²) in [6, 6.07) is 13.3. The minimum absolute atomic E-state index is 0.209. The molecule has 1 atom stereocenters. The lowest BCUT2D eigenvalue weighted by Gasteiger charge is -2.25. The Morgan fingerprint density at radius 3 is 2.73 bits per heavy atom. The van der Waals surface area contributed by atoms with Crippen molar-refractivity contribution in [2.75, 3.05) is 13.1 Å². The van der Waals surface area contributed by atoms with Gasteiger partial charge in [0.25, 0.3) is 0 Å². The number of nitrogens with zero attached hydrogens (tertiary/aromatic N) is 1. The van der Waals surface area contributed by atoms with Gasteiger partial charge in [0.05, 0.1) is 6.54 Å². The van der Waals surface area contributed by atoms with Crippen LogP contribution in [0.25, 0.3) is 0 Å². The molecular weight excluding hydrogens is 296 g/mol. The zero-order valence-corrected chi connectivity index (χ0v) is 13.1. The van der Waals surface area contributed by atoms with Gasteiger partial charge in [-0.2, -0.15) is 0 Å². The number of benzene rings is 1. The molecule has 2 rings (SSSR count). The lowest BCUT2D eigenvalue weighted by atomic mass is 10.2. The second-order valence-corrected chi connectivity index (χ2v) is 5.85. The van der Waals surface area contributed by atoms with Crippen molar-refractivity contribution in [3.05, 3.63) is 70.9 Å². The molecule has 0 fully saturated rings. The Hall–Kier alpha value is -2.11. The Morgan fingerprint density at radius 2 is 2.09 bits per heavy atom. The molecule has 2 aromatic rings. The maximum atomic E-state index is 12.3. The first-order valence-electron chi connectivity index (χ1n) is 7.09. The van der Waals surface area contributed by atoms with Gasteiger partial charge in [0.1, 0.15) is 6.10 Å². The summed E-state index contributed by atoms with van der Waals surface area (Å²) in [6.07, 6.45) is 0.951. The SMILES string of the molecule is C=CCNC(=O)N(Cc1ccccc1)CC(O)c1cccs1. The number of rotatable bonds is 7. The predicted octanol–water partition coefficient (Wildman–Crippen LogP) is 3.18. The summed E-state index contributed by atoms with van der Waals surface area (Å²) < 4.78 is 0.